The zero-order valence-corrected chi connectivity index (χ0v) is 38.0. The molecule has 1 N–H and O–H groups in total. The highest BCUT2D eigenvalue weighted by molar-refractivity contribution is 5.18. The van der Waals surface area contributed by atoms with Gasteiger partial charge >= 0.3 is 0 Å². The summed E-state index contributed by atoms with van der Waals surface area (Å²) in [5.74, 6) is -0.524. The Morgan fingerprint density at radius 1 is 0.358 bits per heavy atom. The van der Waals surface area contributed by atoms with Gasteiger partial charge in [-0.25, -0.2) is 0 Å². The van der Waals surface area contributed by atoms with E-state index in [2.05, 4.69) is 0 Å². The lowest BCUT2D eigenvalue weighted by Gasteiger charge is -2.48. The van der Waals surface area contributed by atoms with E-state index >= 15 is 0 Å². The van der Waals surface area contributed by atoms with Gasteiger partial charge in [-0.15, -0.1) is 0 Å². The number of methoxy groups -OCH3 is 1. The van der Waals surface area contributed by atoms with Gasteiger partial charge in [-0.1, -0.05) is 182 Å². The second-order valence-corrected chi connectivity index (χ2v) is 16.8. The molecule has 2 heterocycles. The zero-order valence-electron chi connectivity index (χ0n) is 38.0. The van der Waals surface area contributed by atoms with Crippen molar-refractivity contribution in [2.24, 2.45) is 5.92 Å². The molecule has 352 valence electrons. The van der Waals surface area contributed by atoms with Crippen molar-refractivity contribution in [3.05, 3.63) is 215 Å². The average molecular weight is 911 g/mol. The first kappa shape index (κ1) is 48.3. The fourth-order valence-electron chi connectivity index (χ4n) is 8.53. The Kier molecular flexibility index (Phi) is 18.7. The Balaban J connectivity index is 1.10. The van der Waals surface area contributed by atoms with E-state index in [9.17, 15) is 5.11 Å². The number of aliphatic hydroxyl groups is 1. The maximum Gasteiger partial charge on any atom is 0.186 e. The predicted molar refractivity (Wildman–Crippen MR) is 252 cm³/mol. The second kappa shape index (κ2) is 25.9. The zero-order chi connectivity index (χ0) is 45.9. The van der Waals surface area contributed by atoms with E-state index in [0.29, 0.717) is 19.8 Å². The molecular formula is C56H62O11. The fraction of sp³-hybridized carbons (Fsp3) is 0.357. The maximum atomic E-state index is 11.1. The van der Waals surface area contributed by atoms with Gasteiger partial charge in [0.05, 0.1) is 71.7 Å². The highest BCUT2D eigenvalue weighted by Gasteiger charge is 2.51. The van der Waals surface area contributed by atoms with Gasteiger partial charge in [-0.3, -0.25) is 0 Å². The summed E-state index contributed by atoms with van der Waals surface area (Å²) in [5.41, 5.74) is 5.93. The van der Waals surface area contributed by atoms with E-state index in [4.69, 9.17) is 47.4 Å². The van der Waals surface area contributed by atoms with Crippen LogP contribution in [0.2, 0.25) is 0 Å². The molecule has 2 aliphatic heterocycles. The molecule has 0 aliphatic carbocycles. The first-order valence-electron chi connectivity index (χ1n) is 23.1. The third-order valence-electron chi connectivity index (χ3n) is 12.1. The Labute approximate surface area is 394 Å². The monoisotopic (exact) mass is 910 g/mol. The normalized spacial score (nSPS) is 25.2. The molecule has 6 aromatic rings. The largest absolute Gasteiger partial charge is 0.396 e. The van der Waals surface area contributed by atoms with Crippen LogP contribution in [0.25, 0.3) is 0 Å². The molecule has 0 aromatic heterocycles. The van der Waals surface area contributed by atoms with Crippen LogP contribution in [0.5, 0.6) is 0 Å². The molecule has 10 atom stereocenters. The summed E-state index contributed by atoms with van der Waals surface area (Å²) in [6.45, 7) is 1.67. The van der Waals surface area contributed by atoms with Crippen LogP contribution in [0.15, 0.2) is 182 Å². The summed E-state index contributed by atoms with van der Waals surface area (Å²) in [7, 11) is 1.60. The first-order chi connectivity index (χ1) is 33.1. The summed E-state index contributed by atoms with van der Waals surface area (Å²) in [5, 5.41) is 11.1. The van der Waals surface area contributed by atoms with Gasteiger partial charge in [0, 0.05) is 13.0 Å². The summed E-state index contributed by atoms with van der Waals surface area (Å²) < 4.78 is 67.0. The molecule has 2 saturated heterocycles. The van der Waals surface area contributed by atoms with Crippen LogP contribution in [0.4, 0.5) is 0 Å². The topological polar surface area (TPSA) is 113 Å². The Bertz CT molecular complexity index is 2240. The van der Waals surface area contributed by atoms with Crippen molar-refractivity contribution in [1.82, 2.24) is 0 Å². The Morgan fingerprint density at radius 2 is 0.701 bits per heavy atom. The lowest BCUT2D eigenvalue weighted by Crippen LogP contribution is -2.63. The molecule has 2 fully saturated rings. The third-order valence-corrected chi connectivity index (χ3v) is 12.1. The quantitative estimate of drug-likeness (QED) is 0.0629. The van der Waals surface area contributed by atoms with E-state index in [0.717, 1.165) is 33.4 Å². The summed E-state index contributed by atoms with van der Waals surface area (Å²) in [6.07, 6.45) is -6.73. The highest BCUT2D eigenvalue weighted by atomic mass is 16.7. The van der Waals surface area contributed by atoms with Crippen LogP contribution < -0.4 is 0 Å². The third kappa shape index (κ3) is 14.0. The fourth-order valence-corrected chi connectivity index (χ4v) is 8.53. The van der Waals surface area contributed by atoms with Crippen LogP contribution in [-0.2, 0) is 87.0 Å². The van der Waals surface area contributed by atoms with E-state index in [1.54, 1.807) is 7.11 Å². The van der Waals surface area contributed by atoms with Crippen molar-refractivity contribution in [1.29, 1.82) is 0 Å². The number of hydrogen-bond donors (Lipinski definition) is 1. The van der Waals surface area contributed by atoms with Gasteiger partial charge < -0.3 is 52.5 Å². The minimum atomic E-state index is -0.993. The van der Waals surface area contributed by atoms with Crippen molar-refractivity contribution in [3.63, 3.8) is 0 Å². The summed E-state index contributed by atoms with van der Waals surface area (Å²) in [4.78, 5) is 0. The van der Waals surface area contributed by atoms with Crippen molar-refractivity contribution in [2.75, 3.05) is 26.9 Å². The molecule has 11 nitrogen and oxygen atoms in total. The van der Waals surface area contributed by atoms with Gasteiger partial charge in [0.25, 0.3) is 0 Å². The molecule has 2 aliphatic rings. The first-order valence-corrected chi connectivity index (χ1v) is 23.1. The van der Waals surface area contributed by atoms with Crippen LogP contribution in [0.1, 0.15) is 33.4 Å². The molecule has 0 saturated carbocycles. The average Bonchev–Trinajstić information content (AvgIpc) is 3.39. The molecule has 0 unspecified atom stereocenters. The van der Waals surface area contributed by atoms with Crippen LogP contribution in [0, 0.1) is 5.92 Å². The van der Waals surface area contributed by atoms with Gasteiger partial charge in [-0.05, 0) is 33.4 Å². The lowest BCUT2D eigenvalue weighted by atomic mass is 9.89. The van der Waals surface area contributed by atoms with Crippen molar-refractivity contribution in [2.45, 2.75) is 94.9 Å². The van der Waals surface area contributed by atoms with E-state index in [1.165, 1.54) is 0 Å². The molecule has 0 spiro atoms. The minimum Gasteiger partial charge on any atom is -0.396 e. The molecule has 8 rings (SSSR count). The number of benzene rings is 6. The van der Waals surface area contributed by atoms with Gasteiger partial charge in [0.2, 0.25) is 0 Å². The van der Waals surface area contributed by atoms with Crippen molar-refractivity contribution in [3.8, 4) is 0 Å². The highest BCUT2D eigenvalue weighted by Crippen LogP contribution is 2.35. The molecule has 6 aromatic carbocycles. The smallest absolute Gasteiger partial charge is 0.186 e. The van der Waals surface area contributed by atoms with Crippen LogP contribution >= 0.6 is 0 Å². The summed E-state index contributed by atoms with van der Waals surface area (Å²) in [6, 6.07) is 59.8. The lowest BCUT2D eigenvalue weighted by molar-refractivity contribution is -0.345. The van der Waals surface area contributed by atoms with E-state index < -0.39 is 61.2 Å². The molecule has 0 amide bonds. The Morgan fingerprint density at radius 3 is 1.10 bits per heavy atom. The molecular weight excluding hydrogens is 849 g/mol. The number of hydrogen-bond acceptors (Lipinski definition) is 11. The van der Waals surface area contributed by atoms with Crippen molar-refractivity contribution < 1.29 is 52.5 Å². The molecule has 67 heavy (non-hydrogen) atoms. The van der Waals surface area contributed by atoms with Crippen molar-refractivity contribution >= 4 is 0 Å². The Hall–Kier alpha value is -5.12. The number of rotatable bonds is 24. The molecule has 0 radical (unpaired) electrons. The standard InChI is InChI=1S/C56H62O11/c1-58-55-54(64-38-46-30-18-7-19-31-46)52(62-36-44-26-14-5-15-27-44)51(61-35-43-24-12-4-13-25-43)49(67-55)40-65-56-53(63-37-45-28-16-6-17-29-45)50(60-34-42-22-10-3-11-23-42)47(32-57)48(66-56)39-59-33-41-20-8-2-9-21-41/h2-31,47-57H,32-40H2,1H3/t47-,48-,49-,50+,51-,52+,53-,54-,55+,56+/m1/s1. The number of ether oxygens (including phenoxy) is 10. The van der Waals surface area contributed by atoms with Crippen LogP contribution in [0.3, 0.4) is 0 Å². The predicted octanol–water partition coefficient (Wildman–Crippen LogP) is 8.85. The maximum absolute atomic E-state index is 11.1. The van der Waals surface area contributed by atoms with E-state index in [-0.39, 0.29) is 39.6 Å². The van der Waals surface area contributed by atoms with Gasteiger partial charge in [0.15, 0.2) is 12.6 Å². The van der Waals surface area contributed by atoms with Gasteiger partial charge in [0.1, 0.15) is 30.5 Å². The second-order valence-electron chi connectivity index (χ2n) is 16.8. The summed E-state index contributed by atoms with van der Waals surface area (Å²) >= 11 is 0. The van der Waals surface area contributed by atoms with Gasteiger partial charge in [-0.2, -0.15) is 0 Å². The SMILES string of the molecule is CO[C@H]1O[C@H](CO[C@H]2O[C@H](COCc3ccccc3)[C@@H](CO)[C@H](OCc3ccccc3)[C@H]2OCc2ccccc2)[C@@H](OCc2ccccc2)[C@H](OCc2ccccc2)[C@H]1OCc1ccccc1. The minimum absolute atomic E-state index is 0.0153. The molecule has 11 heteroatoms. The molecule has 0 bridgehead atoms. The van der Waals surface area contributed by atoms with Crippen LogP contribution in [-0.4, -0.2) is 87.3 Å². The van der Waals surface area contributed by atoms with E-state index in [1.807, 2.05) is 182 Å². The number of aliphatic hydroxyl groups excluding tert-OH is 1.